The highest BCUT2D eigenvalue weighted by atomic mass is 32.1. The molecule has 0 fully saturated rings. The third-order valence-electron chi connectivity index (χ3n) is 5.20. The molecule has 0 radical (unpaired) electrons. The van der Waals surface area contributed by atoms with Crippen molar-refractivity contribution in [3.05, 3.63) is 88.3 Å². The quantitative estimate of drug-likeness (QED) is 0.313. The Kier molecular flexibility index (Phi) is 6.69. The first kappa shape index (κ1) is 23.5. The zero-order valence-electron chi connectivity index (χ0n) is 17.9. The van der Waals surface area contributed by atoms with E-state index in [9.17, 15) is 23.1 Å². The number of rotatable bonds is 8. The van der Waals surface area contributed by atoms with Gasteiger partial charge in [-0.1, -0.05) is 29.4 Å². The summed E-state index contributed by atoms with van der Waals surface area (Å²) < 4.78 is 49.1. The van der Waals surface area contributed by atoms with Gasteiger partial charge in [-0.2, -0.15) is 13.2 Å². The third kappa shape index (κ3) is 5.45. The molecule has 0 unspecified atom stereocenters. The van der Waals surface area contributed by atoms with E-state index in [4.69, 9.17) is 9.26 Å². The Bertz CT molecular complexity index is 1250. The molecule has 0 bridgehead atoms. The smallest absolute Gasteiger partial charge is 0.416 e. The number of thiazole rings is 1. The summed E-state index contributed by atoms with van der Waals surface area (Å²) in [5, 5.41) is 13.7. The first-order valence-corrected chi connectivity index (χ1v) is 11.0. The molecule has 2 aromatic heterocycles. The summed E-state index contributed by atoms with van der Waals surface area (Å²) in [6.07, 6.45) is -3.11. The van der Waals surface area contributed by atoms with E-state index < -0.39 is 23.6 Å². The lowest BCUT2D eigenvalue weighted by Crippen LogP contribution is -2.08. The van der Waals surface area contributed by atoms with Gasteiger partial charge in [-0.15, -0.1) is 11.3 Å². The Labute approximate surface area is 196 Å². The maximum atomic E-state index is 12.8. The lowest BCUT2D eigenvalue weighted by molar-refractivity contribution is -0.138. The van der Waals surface area contributed by atoms with Gasteiger partial charge in [0.2, 0.25) is 0 Å². The normalized spacial score (nSPS) is 12.5. The number of hydrogen-bond donors (Lipinski definition) is 1. The van der Waals surface area contributed by atoms with Crippen molar-refractivity contribution in [3.8, 4) is 16.3 Å². The molecule has 4 aromatic rings. The van der Waals surface area contributed by atoms with E-state index in [1.807, 2.05) is 6.92 Å². The number of aliphatic carboxylic acids is 1. The number of alkyl halides is 3. The second-order valence-electron chi connectivity index (χ2n) is 7.54. The average Bonchev–Trinajstić information content (AvgIpc) is 3.46. The van der Waals surface area contributed by atoms with Crippen molar-refractivity contribution >= 4 is 17.3 Å². The number of ether oxygens (including phenoxy) is 1. The Morgan fingerprint density at radius 1 is 1.12 bits per heavy atom. The molecule has 34 heavy (non-hydrogen) atoms. The molecule has 0 aliphatic heterocycles. The molecule has 0 saturated carbocycles. The maximum Gasteiger partial charge on any atom is 0.416 e. The van der Waals surface area contributed by atoms with Crippen LogP contribution in [-0.4, -0.2) is 21.2 Å². The van der Waals surface area contributed by atoms with Gasteiger partial charge < -0.3 is 14.4 Å². The Morgan fingerprint density at radius 3 is 2.41 bits per heavy atom. The van der Waals surface area contributed by atoms with Crippen LogP contribution in [0.3, 0.4) is 0 Å². The molecule has 4 rings (SSSR count). The third-order valence-corrected chi connectivity index (χ3v) is 6.38. The van der Waals surface area contributed by atoms with Crippen LogP contribution in [0.15, 0.2) is 65.4 Å². The Morgan fingerprint density at radius 2 is 1.82 bits per heavy atom. The monoisotopic (exact) mass is 488 g/mol. The number of halogens is 3. The summed E-state index contributed by atoms with van der Waals surface area (Å²) in [5.41, 5.74) is 1.94. The number of carboxylic acids is 1. The topological polar surface area (TPSA) is 85.5 Å². The molecule has 0 aliphatic carbocycles. The Balaban J connectivity index is 1.44. The molecule has 2 heterocycles. The molecule has 2 aromatic carbocycles. The van der Waals surface area contributed by atoms with Gasteiger partial charge in [0.25, 0.3) is 0 Å². The van der Waals surface area contributed by atoms with E-state index in [0.29, 0.717) is 22.0 Å². The second kappa shape index (κ2) is 9.68. The number of benzene rings is 2. The van der Waals surface area contributed by atoms with E-state index in [1.165, 1.54) is 29.7 Å². The van der Waals surface area contributed by atoms with Crippen LogP contribution in [-0.2, 0) is 17.6 Å². The lowest BCUT2D eigenvalue weighted by Gasteiger charge is -2.13. The highest BCUT2D eigenvalue weighted by molar-refractivity contribution is 7.15. The minimum absolute atomic E-state index is 0.125. The number of nitrogens with zero attached hydrogens (tertiary/aromatic N) is 2. The molecule has 1 N–H and O–H groups in total. The highest BCUT2D eigenvalue weighted by Gasteiger charge is 2.30. The van der Waals surface area contributed by atoms with Gasteiger partial charge in [0.1, 0.15) is 23.6 Å². The SMILES string of the molecule is Cc1nc(-c2ccc(C(F)(F)F)cc2)sc1COc1ccc([C@@H](CC(=O)O)c2ccon2)cc1. The molecule has 1 atom stereocenters. The minimum atomic E-state index is -4.38. The fourth-order valence-electron chi connectivity index (χ4n) is 3.40. The molecule has 176 valence electrons. The van der Waals surface area contributed by atoms with E-state index in [2.05, 4.69) is 10.1 Å². The van der Waals surface area contributed by atoms with Crippen molar-refractivity contribution < 1.29 is 32.3 Å². The molecule has 0 saturated heterocycles. The van der Waals surface area contributed by atoms with Crippen molar-refractivity contribution in [3.63, 3.8) is 0 Å². The first-order valence-electron chi connectivity index (χ1n) is 10.2. The zero-order chi connectivity index (χ0) is 24.3. The van der Waals surface area contributed by atoms with E-state index in [-0.39, 0.29) is 13.0 Å². The molecule has 0 spiro atoms. The van der Waals surface area contributed by atoms with Crippen molar-refractivity contribution in [2.75, 3.05) is 0 Å². The van der Waals surface area contributed by atoms with Crippen LogP contribution in [0.1, 0.15) is 39.7 Å². The van der Waals surface area contributed by atoms with Crippen molar-refractivity contribution in [2.45, 2.75) is 32.0 Å². The molecule has 0 aliphatic rings. The van der Waals surface area contributed by atoms with Gasteiger partial charge >= 0.3 is 12.1 Å². The first-order chi connectivity index (χ1) is 16.2. The Hall–Kier alpha value is -3.66. The van der Waals surface area contributed by atoms with Gasteiger partial charge in [-0.3, -0.25) is 4.79 Å². The molecule has 0 amide bonds. The van der Waals surface area contributed by atoms with Crippen LogP contribution in [0.25, 0.3) is 10.6 Å². The van der Waals surface area contributed by atoms with Gasteiger partial charge in [0.05, 0.1) is 28.2 Å². The van der Waals surface area contributed by atoms with Gasteiger partial charge in [0, 0.05) is 17.5 Å². The minimum Gasteiger partial charge on any atom is -0.488 e. The fourth-order valence-corrected chi connectivity index (χ4v) is 4.38. The summed E-state index contributed by atoms with van der Waals surface area (Å²) in [6, 6.07) is 13.6. The molecular weight excluding hydrogens is 469 g/mol. The van der Waals surface area contributed by atoms with Gasteiger partial charge in [0.15, 0.2) is 0 Å². The number of carboxylic acid groups (broad SMARTS) is 1. The largest absolute Gasteiger partial charge is 0.488 e. The van der Waals surface area contributed by atoms with E-state index in [0.717, 1.165) is 28.3 Å². The van der Waals surface area contributed by atoms with E-state index in [1.54, 1.807) is 30.3 Å². The number of hydrogen-bond acceptors (Lipinski definition) is 6. The fraction of sp³-hybridized carbons (Fsp3) is 0.208. The van der Waals surface area contributed by atoms with Crippen LogP contribution in [0, 0.1) is 6.92 Å². The second-order valence-corrected chi connectivity index (χ2v) is 8.62. The maximum absolute atomic E-state index is 12.8. The van der Waals surface area contributed by atoms with Crippen LogP contribution in [0.4, 0.5) is 13.2 Å². The highest BCUT2D eigenvalue weighted by Crippen LogP contribution is 2.34. The number of carbonyl (C=O) groups is 1. The van der Waals surface area contributed by atoms with Crippen molar-refractivity contribution in [1.82, 2.24) is 10.1 Å². The molecular formula is C24H19F3N2O4S. The predicted molar refractivity (Wildman–Crippen MR) is 119 cm³/mol. The summed E-state index contributed by atoms with van der Waals surface area (Å²) in [5.74, 6) is -0.806. The van der Waals surface area contributed by atoms with Gasteiger partial charge in [-0.05, 0) is 36.8 Å². The van der Waals surface area contributed by atoms with Crippen molar-refractivity contribution in [2.24, 2.45) is 0 Å². The van der Waals surface area contributed by atoms with E-state index >= 15 is 0 Å². The number of aromatic nitrogens is 2. The summed E-state index contributed by atoms with van der Waals surface area (Å²) >= 11 is 1.36. The van der Waals surface area contributed by atoms with Crippen LogP contribution < -0.4 is 4.74 Å². The van der Waals surface area contributed by atoms with Crippen LogP contribution in [0.5, 0.6) is 5.75 Å². The average molecular weight is 488 g/mol. The summed E-state index contributed by atoms with van der Waals surface area (Å²) in [6.45, 7) is 2.06. The zero-order valence-corrected chi connectivity index (χ0v) is 18.7. The van der Waals surface area contributed by atoms with Crippen LogP contribution >= 0.6 is 11.3 Å². The molecule has 6 nitrogen and oxygen atoms in total. The lowest BCUT2D eigenvalue weighted by atomic mass is 9.92. The van der Waals surface area contributed by atoms with Gasteiger partial charge in [-0.25, -0.2) is 4.98 Å². The van der Waals surface area contributed by atoms with Crippen LogP contribution in [0.2, 0.25) is 0 Å². The molecule has 10 heteroatoms. The summed E-state index contributed by atoms with van der Waals surface area (Å²) in [7, 11) is 0. The van der Waals surface area contributed by atoms with Crippen molar-refractivity contribution in [1.29, 1.82) is 0 Å². The predicted octanol–water partition coefficient (Wildman–Crippen LogP) is 6.31. The summed E-state index contributed by atoms with van der Waals surface area (Å²) in [4.78, 5) is 16.6. The number of aryl methyl sites for hydroxylation is 1. The standard InChI is InChI=1S/C24H19F3N2O4S/c1-14-21(34-23(28-14)16-2-6-17(7-3-16)24(25,26)27)13-32-18-8-4-15(5-9-18)19(12-22(30)31)20-10-11-33-29-20/h2-11,19H,12-13H2,1H3,(H,30,31)/t19-/m1/s1.